The Morgan fingerprint density at radius 1 is 0.636 bits per heavy atom. The molecule has 2 rings (SSSR count). The molecule has 0 aromatic rings. The number of hydrogen-bond acceptors (Lipinski definition) is 4. The topological polar surface area (TPSA) is 54.6 Å². The lowest BCUT2D eigenvalue weighted by atomic mass is 10.1. The molecule has 0 unspecified atom stereocenters. The minimum absolute atomic E-state index is 0.700. The van der Waals surface area contributed by atoms with E-state index in [0.29, 0.717) is 10.2 Å². The summed E-state index contributed by atoms with van der Waals surface area (Å²) in [7, 11) is 0. The van der Waals surface area contributed by atoms with Gasteiger partial charge in [-0.3, -0.25) is 21.7 Å². The minimum atomic E-state index is 0.700. The average molecular weight is 341 g/mol. The molecule has 2 aliphatic rings. The van der Waals surface area contributed by atoms with Gasteiger partial charge in [0.1, 0.15) is 0 Å². The van der Waals surface area contributed by atoms with E-state index < -0.39 is 0 Å². The molecule has 6 nitrogen and oxygen atoms in total. The summed E-state index contributed by atoms with van der Waals surface area (Å²) < 4.78 is 0. The molecule has 0 spiro atoms. The second kappa shape index (κ2) is 9.54. The summed E-state index contributed by atoms with van der Waals surface area (Å²) in [4.78, 5) is 4.31. The molecule has 0 aliphatic carbocycles. The van der Waals surface area contributed by atoms with Gasteiger partial charge < -0.3 is 9.80 Å². The summed E-state index contributed by atoms with van der Waals surface area (Å²) >= 11 is 10.6. The van der Waals surface area contributed by atoms with Crippen molar-refractivity contribution in [2.75, 3.05) is 26.2 Å². The molecule has 8 heteroatoms. The van der Waals surface area contributed by atoms with Crippen LogP contribution in [0.15, 0.2) is 0 Å². The number of hydrazine groups is 2. The largest absolute Gasteiger partial charge is 0.348 e. The highest BCUT2D eigenvalue weighted by Crippen LogP contribution is 2.08. The Morgan fingerprint density at radius 2 is 1.00 bits per heavy atom. The van der Waals surface area contributed by atoms with Gasteiger partial charge in [0, 0.05) is 26.2 Å². The molecular weight excluding hydrogens is 316 g/mol. The summed E-state index contributed by atoms with van der Waals surface area (Å²) in [6.45, 7) is 4.07. The van der Waals surface area contributed by atoms with Crippen molar-refractivity contribution in [3.8, 4) is 12.1 Å². The van der Waals surface area contributed by atoms with Crippen LogP contribution in [0, 0.1) is 12.1 Å². The van der Waals surface area contributed by atoms with Crippen molar-refractivity contribution >= 4 is 34.7 Å². The van der Waals surface area contributed by atoms with Gasteiger partial charge in [-0.05, 0) is 63.0 Å². The van der Waals surface area contributed by atoms with Crippen LogP contribution in [0.3, 0.4) is 0 Å². The fourth-order valence-electron chi connectivity index (χ4n) is 2.58. The zero-order chi connectivity index (χ0) is 15.6. The van der Waals surface area contributed by atoms with Gasteiger partial charge in [-0.15, -0.1) is 0 Å². The Balaban J connectivity index is 1.56. The van der Waals surface area contributed by atoms with E-state index in [1.54, 1.807) is 0 Å². The third-order valence-electron chi connectivity index (χ3n) is 3.81. The molecule has 22 heavy (non-hydrogen) atoms. The molecule has 0 amide bonds. The van der Waals surface area contributed by atoms with Gasteiger partial charge in [-0.2, -0.15) is 0 Å². The van der Waals surface area contributed by atoms with Crippen LogP contribution in [0.1, 0.15) is 38.5 Å². The molecular formula is C14H24N6S2. The fraction of sp³-hybridized carbons (Fsp3) is 0.714. The van der Waals surface area contributed by atoms with Gasteiger partial charge in [-0.1, -0.05) is 0 Å². The van der Waals surface area contributed by atoms with Gasteiger partial charge >= 0.3 is 0 Å². The molecule has 2 heterocycles. The van der Waals surface area contributed by atoms with E-state index in [1.807, 2.05) is 0 Å². The van der Waals surface area contributed by atoms with Gasteiger partial charge in [-0.25, -0.2) is 0 Å². The van der Waals surface area contributed by atoms with Gasteiger partial charge in [0.05, 0.1) is 12.1 Å². The Bertz CT molecular complexity index is 394. The highest BCUT2D eigenvalue weighted by Gasteiger charge is 2.13. The number of hydrogen-bond donors (Lipinski definition) is 4. The minimum Gasteiger partial charge on any atom is -0.348 e. The van der Waals surface area contributed by atoms with E-state index in [0.717, 1.165) is 26.2 Å². The molecule has 0 radical (unpaired) electrons. The van der Waals surface area contributed by atoms with Crippen molar-refractivity contribution in [3.63, 3.8) is 0 Å². The van der Waals surface area contributed by atoms with Crippen molar-refractivity contribution in [1.29, 1.82) is 0 Å². The van der Waals surface area contributed by atoms with E-state index in [2.05, 4.69) is 43.6 Å². The van der Waals surface area contributed by atoms with E-state index in [4.69, 9.17) is 24.4 Å². The summed E-state index contributed by atoms with van der Waals surface area (Å²) in [5.74, 6) is 0. The highest BCUT2D eigenvalue weighted by atomic mass is 32.1. The second-order valence-corrected chi connectivity index (χ2v) is 6.23. The standard InChI is InChI=1S/C14H24N6S2/c21-13(19-9-3-1-4-10-19)17-15-7-8-16-18-14(22)20-11-5-2-6-12-20/h15-16H,1-6,9-12H2,(H,17,21)(H,18,22). The molecule has 2 fully saturated rings. The third-order valence-corrected chi connectivity index (χ3v) is 4.53. The average Bonchev–Trinajstić information content (AvgIpc) is 2.59. The Hall–Kier alpha value is -1.46. The van der Waals surface area contributed by atoms with E-state index in [9.17, 15) is 0 Å². The zero-order valence-electron chi connectivity index (χ0n) is 12.8. The number of rotatable bonds is 2. The van der Waals surface area contributed by atoms with Crippen molar-refractivity contribution in [2.45, 2.75) is 38.5 Å². The number of nitrogens with one attached hydrogen (secondary N) is 4. The lowest BCUT2D eigenvalue weighted by Gasteiger charge is -2.29. The monoisotopic (exact) mass is 340 g/mol. The molecule has 0 saturated carbocycles. The van der Waals surface area contributed by atoms with Crippen molar-refractivity contribution in [2.24, 2.45) is 0 Å². The highest BCUT2D eigenvalue weighted by molar-refractivity contribution is 7.80. The van der Waals surface area contributed by atoms with Crippen molar-refractivity contribution in [3.05, 3.63) is 0 Å². The number of likely N-dealkylation sites (tertiary alicyclic amines) is 2. The van der Waals surface area contributed by atoms with Crippen LogP contribution >= 0.6 is 24.4 Å². The first-order valence-corrected chi connectivity index (χ1v) is 8.69. The first kappa shape index (κ1) is 16.9. The van der Waals surface area contributed by atoms with E-state index >= 15 is 0 Å². The molecule has 4 N–H and O–H groups in total. The molecule has 0 aromatic carbocycles. The van der Waals surface area contributed by atoms with Gasteiger partial charge in [0.25, 0.3) is 0 Å². The summed E-state index contributed by atoms with van der Waals surface area (Å²) in [6, 6.07) is 5.47. The first-order valence-electron chi connectivity index (χ1n) is 7.87. The SMILES string of the molecule is S=C(NNC#CNNC(=S)N1CCCCC1)N1CCCCC1. The normalized spacial score (nSPS) is 17.8. The van der Waals surface area contributed by atoms with Crippen molar-refractivity contribution < 1.29 is 0 Å². The molecule has 122 valence electrons. The smallest absolute Gasteiger partial charge is 0.188 e. The van der Waals surface area contributed by atoms with Gasteiger partial charge in [0.15, 0.2) is 10.2 Å². The Morgan fingerprint density at radius 3 is 1.36 bits per heavy atom. The summed E-state index contributed by atoms with van der Waals surface area (Å²) in [6.07, 6.45) is 7.39. The number of piperidine rings is 2. The van der Waals surface area contributed by atoms with E-state index in [-0.39, 0.29) is 0 Å². The maximum Gasteiger partial charge on any atom is 0.188 e. The van der Waals surface area contributed by atoms with Crippen LogP contribution in [0.4, 0.5) is 0 Å². The van der Waals surface area contributed by atoms with Crippen LogP contribution in [0.2, 0.25) is 0 Å². The van der Waals surface area contributed by atoms with Crippen LogP contribution in [-0.2, 0) is 0 Å². The maximum atomic E-state index is 5.30. The second-order valence-electron chi connectivity index (χ2n) is 5.46. The summed E-state index contributed by atoms with van der Waals surface area (Å²) in [5, 5.41) is 1.40. The summed E-state index contributed by atoms with van der Waals surface area (Å²) in [5.41, 5.74) is 11.4. The molecule has 2 saturated heterocycles. The van der Waals surface area contributed by atoms with Crippen LogP contribution in [-0.4, -0.2) is 46.2 Å². The third kappa shape index (κ3) is 5.73. The predicted molar refractivity (Wildman–Crippen MR) is 96.4 cm³/mol. The lowest BCUT2D eigenvalue weighted by molar-refractivity contribution is 0.336. The van der Waals surface area contributed by atoms with E-state index in [1.165, 1.54) is 38.5 Å². The zero-order valence-corrected chi connectivity index (χ0v) is 14.4. The Kier molecular flexibility index (Phi) is 7.33. The first-order chi connectivity index (χ1) is 10.8. The maximum absolute atomic E-state index is 5.30. The molecule has 0 aromatic heterocycles. The Labute approximate surface area is 143 Å². The number of thiocarbonyl (C=S) groups is 2. The predicted octanol–water partition coefficient (Wildman–Crippen LogP) is 0.635. The van der Waals surface area contributed by atoms with Crippen molar-refractivity contribution in [1.82, 2.24) is 31.5 Å². The molecule has 0 atom stereocenters. The molecule has 2 aliphatic heterocycles. The lowest BCUT2D eigenvalue weighted by Crippen LogP contribution is -2.47. The van der Waals surface area contributed by atoms with Gasteiger partial charge in [0.2, 0.25) is 0 Å². The molecule has 0 bridgehead atoms. The fourth-order valence-corrected chi connectivity index (χ4v) is 3.05. The number of nitrogens with zero attached hydrogens (tertiary/aromatic N) is 2. The van der Waals surface area contributed by atoms with Crippen LogP contribution in [0.5, 0.6) is 0 Å². The van der Waals surface area contributed by atoms with Crippen LogP contribution in [0.25, 0.3) is 0 Å². The quantitative estimate of drug-likeness (QED) is 0.253. The van der Waals surface area contributed by atoms with Crippen LogP contribution < -0.4 is 21.7 Å².